The van der Waals surface area contributed by atoms with Crippen LogP contribution in [0.4, 0.5) is 23.3 Å². The predicted molar refractivity (Wildman–Crippen MR) is 255 cm³/mol. The second kappa shape index (κ2) is 15.9. The van der Waals surface area contributed by atoms with Crippen LogP contribution in [-0.2, 0) is 40.4 Å². The standard InChI is InChI=1S/C41H25ClN14O11S4/c42-39-53-40(43)55-41(54-39)44-17-5-1-6-18(15-17)56-68(57,58)19-13-14-20-24(16-19)35-45-31(20)47-36-28-21(7-2-10-25(28)69(59,60)61)32(48-36)46-33-22-8-3-11-26(70(62,63)64)29(22)37(49-33)50-34-23-9-4-12-27(71(65,66)67)30(23)38(51-34)52-35/h1-16,56H,(H,59,60,61)(H,62,63,64)(H,65,66,67)(H3,43,44,53,54,55)(H2,45,46,47,48,49,50,51,52). The Bertz CT molecular complexity index is 4500. The molecule has 356 valence electrons. The highest BCUT2D eigenvalue weighted by Gasteiger charge is 2.30. The van der Waals surface area contributed by atoms with Crippen molar-refractivity contribution in [3.63, 3.8) is 0 Å². The summed E-state index contributed by atoms with van der Waals surface area (Å²) in [5.41, 5.74) is 5.12. The molecular weight excluding hydrogens is 1030 g/mol. The summed E-state index contributed by atoms with van der Waals surface area (Å²) in [4.78, 5) is 43.0. The smallest absolute Gasteiger partial charge is 0.295 e. The van der Waals surface area contributed by atoms with Crippen molar-refractivity contribution in [3.8, 4) is 45.6 Å². The lowest BCUT2D eigenvalue weighted by Crippen LogP contribution is -2.13. The van der Waals surface area contributed by atoms with E-state index in [1.165, 1.54) is 72.8 Å². The molecule has 9 N–H and O–H groups in total. The van der Waals surface area contributed by atoms with Crippen molar-refractivity contribution in [1.29, 1.82) is 0 Å². The molecule has 6 heterocycles. The molecule has 71 heavy (non-hydrogen) atoms. The lowest BCUT2D eigenvalue weighted by atomic mass is 10.1. The Morgan fingerprint density at radius 2 is 1.01 bits per heavy atom. The van der Waals surface area contributed by atoms with E-state index in [4.69, 9.17) is 17.3 Å². The van der Waals surface area contributed by atoms with Crippen molar-refractivity contribution < 1.29 is 47.3 Å². The zero-order chi connectivity index (χ0) is 49.9. The van der Waals surface area contributed by atoms with Crippen molar-refractivity contribution in [2.24, 2.45) is 0 Å². The quantitative estimate of drug-likeness (QED) is 0.0861. The summed E-state index contributed by atoms with van der Waals surface area (Å²) in [6, 6.07) is 21.3. The number of hydrogen-bond donors (Lipinski definition) is 8. The Kier molecular flexibility index (Phi) is 10.2. The highest BCUT2D eigenvalue weighted by atomic mass is 35.5. The second-order valence-electron chi connectivity index (χ2n) is 15.4. The van der Waals surface area contributed by atoms with E-state index in [1.54, 1.807) is 6.07 Å². The summed E-state index contributed by atoms with van der Waals surface area (Å²) in [6.45, 7) is 0. The number of benzene rings is 5. The van der Waals surface area contributed by atoms with Gasteiger partial charge in [0, 0.05) is 43.9 Å². The average molecular weight is 1050 g/mol. The van der Waals surface area contributed by atoms with Gasteiger partial charge in [0.1, 0.15) is 37.3 Å². The van der Waals surface area contributed by atoms with Gasteiger partial charge in [-0.05, 0) is 66.2 Å². The molecule has 5 aromatic carbocycles. The molecule has 0 amide bonds. The first-order valence-corrected chi connectivity index (χ1v) is 26.1. The fourth-order valence-corrected chi connectivity index (χ4v) is 11.4. The van der Waals surface area contributed by atoms with Gasteiger partial charge in [-0.1, -0.05) is 42.5 Å². The molecule has 2 aliphatic rings. The summed E-state index contributed by atoms with van der Waals surface area (Å²) in [5, 5.41) is 2.32. The van der Waals surface area contributed by atoms with Gasteiger partial charge in [-0.2, -0.15) is 40.2 Å². The maximum absolute atomic E-state index is 14.2. The van der Waals surface area contributed by atoms with Crippen LogP contribution in [0, 0.1) is 0 Å². The fraction of sp³-hybridized carbons (Fsp3) is 0. The molecule has 9 aromatic rings. The van der Waals surface area contributed by atoms with Gasteiger partial charge in [-0.25, -0.2) is 38.3 Å². The van der Waals surface area contributed by atoms with E-state index in [9.17, 15) is 47.3 Å². The zero-order valence-electron chi connectivity index (χ0n) is 35.0. The highest BCUT2D eigenvalue weighted by molar-refractivity contribution is 7.92. The minimum atomic E-state index is -5.03. The minimum absolute atomic E-state index is 0.00603. The van der Waals surface area contributed by atoms with Crippen LogP contribution < -0.4 is 15.8 Å². The predicted octanol–water partition coefficient (Wildman–Crippen LogP) is 5.57. The number of hydrogen-bond acceptors (Lipinski definition) is 19. The first kappa shape index (κ1) is 45.3. The molecule has 2 aliphatic heterocycles. The number of halogens is 1. The molecule has 8 bridgehead atoms. The normalized spacial score (nSPS) is 12.7. The van der Waals surface area contributed by atoms with Gasteiger partial charge in [-0.15, -0.1) is 0 Å². The lowest BCUT2D eigenvalue weighted by molar-refractivity contribution is 0.481. The van der Waals surface area contributed by atoms with Crippen molar-refractivity contribution in [2.75, 3.05) is 15.8 Å². The van der Waals surface area contributed by atoms with Crippen LogP contribution in [0.5, 0.6) is 0 Å². The first-order valence-electron chi connectivity index (χ1n) is 19.9. The number of aromatic nitrogens is 11. The highest BCUT2D eigenvalue weighted by Crippen LogP contribution is 2.41. The largest absolute Gasteiger partial charge is 0.368 e. The molecule has 0 spiro atoms. The van der Waals surface area contributed by atoms with E-state index >= 15 is 0 Å². The molecule has 4 aromatic heterocycles. The average Bonchev–Trinajstić information content (AvgIpc) is 4.03. The number of aromatic amines is 2. The Hall–Kier alpha value is -8.16. The zero-order valence-corrected chi connectivity index (χ0v) is 39.0. The molecule has 30 heteroatoms. The van der Waals surface area contributed by atoms with Crippen LogP contribution >= 0.6 is 11.6 Å². The third kappa shape index (κ3) is 8.05. The number of fused-ring (bicyclic) bond motifs is 20. The Morgan fingerprint density at radius 3 is 1.63 bits per heavy atom. The molecule has 0 atom stereocenters. The van der Waals surface area contributed by atoms with Crippen LogP contribution in [0.1, 0.15) is 0 Å². The molecule has 0 saturated carbocycles. The summed E-state index contributed by atoms with van der Waals surface area (Å²) in [6.07, 6.45) is 0. The summed E-state index contributed by atoms with van der Waals surface area (Å²) < 4.78 is 140. The van der Waals surface area contributed by atoms with E-state index < -0.39 is 55.1 Å². The molecule has 0 saturated heterocycles. The van der Waals surface area contributed by atoms with Gasteiger partial charge in [0.2, 0.25) is 17.2 Å². The number of sulfonamides is 1. The Labute approximate surface area is 402 Å². The maximum Gasteiger partial charge on any atom is 0.295 e. The third-order valence-electron chi connectivity index (χ3n) is 10.9. The minimum Gasteiger partial charge on any atom is -0.368 e. The Balaban J connectivity index is 1.19. The lowest BCUT2D eigenvalue weighted by Gasteiger charge is -2.11. The first-order chi connectivity index (χ1) is 33.6. The molecule has 0 fully saturated rings. The molecule has 0 radical (unpaired) electrons. The molecular formula is C41H25ClN14O11S4. The number of H-pyrrole nitrogens is 2. The van der Waals surface area contributed by atoms with Crippen LogP contribution in [-0.4, -0.2) is 102 Å². The van der Waals surface area contributed by atoms with Crippen molar-refractivity contribution >= 4 is 119 Å². The van der Waals surface area contributed by atoms with Crippen LogP contribution in [0.15, 0.2) is 117 Å². The van der Waals surface area contributed by atoms with Gasteiger partial charge in [0.25, 0.3) is 40.4 Å². The van der Waals surface area contributed by atoms with Crippen LogP contribution in [0.2, 0.25) is 5.28 Å². The molecule has 11 rings (SSSR count). The van der Waals surface area contributed by atoms with E-state index in [0.29, 0.717) is 5.69 Å². The SMILES string of the molecule is Nc1nc(Cl)nc(Nc2cccc(NS(=O)(=O)c3ccc4c(c3)-c3nc-4nc4[nH]c(nc5nc(nc6[nH]c(n3)c3c(S(=O)(=O)O)cccc63)-c3c-5cccc3S(=O)(=O)O)c3cccc(S(=O)(=O)O)c43)c2)n1. The topological polar surface area (TPSA) is 395 Å². The van der Waals surface area contributed by atoms with Crippen LogP contribution in [0.3, 0.4) is 0 Å². The molecule has 0 aliphatic carbocycles. The van der Waals surface area contributed by atoms with Crippen molar-refractivity contribution in [1.82, 2.24) is 54.8 Å². The van der Waals surface area contributed by atoms with E-state index in [1.807, 2.05) is 0 Å². The van der Waals surface area contributed by atoms with E-state index in [-0.39, 0.29) is 117 Å². The summed E-state index contributed by atoms with van der Waals surface area (Å²) in [5.74, 6) is -1.26. The second-order valence-corrected chi connectivity index (χ2v) is 21.6. The monoisotopic (exact) mass is 1050 g/mol. The van der Waals surface area contributed by atoms with Gasteiger partial charge in [0.15, 0.2) is 23.3 Å². The summed E-state index contributed by atoms with van der Waals surface area (Å²) in [7, 11) is -19.5. The molecule has 0 unspecified atom stereocenters. The van der Waals surface area contributed by atoms with Gasteiger partial charge >= 0.3 is 0 Å². The fourth-order valence-electron chi connectivity index (χ4n) is 8.06. The number of nitrogen functional groups attached to an aromatic ring is 1. The number of rotatable bonds is 8. The third-order valence-corrected chi connectivity index (χ3v) is 15.1. The maximum atomic E-state index is 14.2. The van der Waals surface area contributed by atoms with Crippen molar-refractivity contribution in [2.45, 2.75) is 19.6 Å². The van der Waals surface area contributed by atoms with Gasteiger partial charge in [-0.3, -0.25) is 18.4 Å². The number of nitrogens with zero attached hydrogens (tertiary/aromatic N) is 9. The number of nitrogens with one attached hydrogen (secondary N) is 4. The molecule has 25 nitrogen and oxygen atoms in total. The Morgan fingerprint density at radius 1 is 0.493 bits per heavy atom. The van der Waals surface area contributed by atoms with E-state index in [0.717, 1.165) is 18.2 Å². The number of nitrogens with two attached hydrogens (primary N) is 1. The summed E-state index contributed by atoms with van der Waals surface area (Å²) >= 11 is 5.91. The van der Waals surface area contributed by atoms with Crippen molar-refractivity contribution in [3.05, 3.63) is 102 Å². The van der Waals surface area contributed by atoms with Gasteiger partial charge < -0.3 is 21.0 Å². The number of anilines is 4. The van der Waals surface area contributed by atoms with Gasteiger partial charge in [0.05, 0.1) is 16.1 Å². The van der Waals surface area contributed by atoms with Crippen LogP contribution in [0.25, 0.3) is 89.7 Å². The van der Waals surface area contributed by atoms with E-state index in [2.05, 4.69) is 64.9 Å².